The number of nitrogens with zero attached hydrogens (tertiary/aromatic N) is 1. The Balaban J connectivity index is 1.90. The number of hydrogen-bond acceptors (Lipinski definition) is 6. The van der Waals surface area contributed by atoms with Crippen molar-refractivity contribution < 1.29 is 27.5 Å². The van der Waals surface area contributed by atoms with E-state index in [9.17, 15) is 18.0 Å². The molecule has 3 rings (SSSR count). The van der Waals surface area contributed by atoms with Crippen molar-refractivity contribution in [2.24, 2.45) is 0 Å². The normalized spacial score (nSPS) is 15.0. The number of sulfonamides is 1. The molecule has 0 unspecified atom stereocenters. The van der Waals surface area contributed by atoms with Crippen LogP contribution in [0.15, 0.2) is 47.4 Å². The van der Waals surface area contributed by atoms with Crippen LogP contribution < -0.4 is 10.1 Å². The topological polar surface area (TPSA) is 102 Å². The number of nitrogens with one attached hydrogen (secondary N) is 1. The number of rotatable bonds is 6. The van der Waals surface area contributed by atoms with Gasteiger partial charge in [0.05, 0.1) is 30.2 Å². The minimum atomic E-state index is -3.72. The molecule has 0 aromatic heterocycles. The molecule has 9 heteroatoms. The maximum atomic E-state index is 13.1. The molecule has 1 amide bonds. The summed E-state index contributed by atoms with van der Waals surface area (Å²) in [5.74, 6) is -0.831. The van der Waals surface area contributed by atoms with E-state index in [0.717, 1.165) is 25.7 Å². The number of hydrogen-bond donors (Lipinski definition) is 1. The van der Waals surface area contributed by atoms with Gasteiger partial charge in [0.25, 0.3) is 5.91 Å². The molecule has 0 saturated carbocycles. The predicted molar refractivity (Wildman–Crippen MR) is 116 cm³/mol. The van der Waals surface area contributed by atoms with E-state index in [1.165, 1.54) is 42.8 Å². The van der Waals surface area contributed by atoms with Gasteiger partial charge >= 0.3 is 5.97 Å². The van der Waals surface area contributed by atoms with Crippen LogP contribution in [0.1, 0.15) is 46.4 Å². The van der Waals surface area contributed by atoms with Crippen LogP contribution in [-0.2, 0) is 14.8 Å². The number of ether oxygens (including phenoxy) is 2. The highest BCUT2D eigenvalue weighted by atomic mass is 32.2. The van der Waals surface area contributed by atoms with Gasteiger partial charge in [0, 0.05) is 18.8 Å². The van der Waals surface area contributed by atoms with E-state index >= 15 is 0 Å². The highest BCUT2D eigenvalue weighted by Gasteiger charge is 2.27. The van der Waals surface area contributed by atoms with Gasteiger partial charge in [-0.2, -0.15) is 4.31 Å². The molecule has 1 aliphatic rings. The van der Waals surface area contributed by atoms with Gasteiger partial charge in [-0.05, 0) is 49.2 Å². The highest BCUT2D eigenvalue weighted by molar-refractivity contribution is 7.89. The first kappa shape index (κ1) is 22.8. The fourth-order valence-corrected chi connectivity index (χ4v) is 5.04. The van der Waals surface area contributed by atoms with Gasteiger partial charge in [0.15, 0.2) is 0 Å². The van der Waals surface area contributed by atoms with Gasteiger partial charge in [-0.25, -0.2) is 13.2 Å². The van der Waals surface area contributed by atoms with E-state index in [1.807, 2.05) is 0 Å². The number of amides is 1. The average Bonchev–Trinajstić information content (AvgIpc) is 3.08. The lowest BCUT2D eigenvalue weighted by atomic mass is 10.1. The predicted octanol–water partition coefficient (Wildman–Crippen LogP) is 3.30. The Morgan fingerprint density at radius 3 is 2.32 bits per heavy atom. The van der Waals surface area contributed by atoms with Crippen molar-refractivity contribution in [1.29, 1.82) is 0 Å². The summed E-state index contributed by atoms with van der Waals surface area (Å²) in [6.07, 6.45) is 3.65. The molecule has 2 aromatic carbocycles. The summed E-state index contributed by atoms with van der Waals surface area (Å²) >= 11 is 0. The van der Waals surface area contributed by atoms with Crippen molar-refractivity contribution in [3.8, 4) is 5.75 Å². The molecule has 1 aliphatic heterocycles. The van der Waals surface area contributed by atoms with Crippen molar-refractivity contribution in [3.63, 3.8) is 0 Å². The Kier molecular flexibility index (Phi) is 7.29. The summed E-state index contributed by atoms with van der Waals surface area (Å²) < 4.78 is 37.7. The van der Waals surface area contributed by atoms with Crippen LogP contribution in [0.5, 0.6) is 5.75 Å². The minimum absolute atomic E-state index is 0.0451. The summed E-state index contributed by atoms with van der Waals surface area (Å²) in [6.45, 7) is 0.937. The third-order valence-electron chi connectivity index (χ3n) is 5.16. The second kappa shape index (κ2) is 9.93. The van der Waals surface area contributed by atoms with Crippen LogP contribution in [0.3, 0.4) is 0 Å². The Labute approximate surface area is 182 Å². The number of methoxy groups -OCH3 is 2. The quantitative estimate of drug-likeness (QED) is 0.683. The summed E-state index contributed by atoms with van der Waals surface area (Å²) in [7, 11) is -1.04. The lowest BCUT2D eigenvalue weighted by Gasteiger charge is -2.20. The molecule has 1 N–H and O–H groups in total. The van der Waals surface area contributed by atoms with E-state index in [1.54, 1.807) is 18.2 Å². The van der Waals surface area contributed by atoms with Crippen LogP contribution in [0.2, 0.25) is 0 Å². The van der Waals surface area contributed by atoms with Crippen molar-refractivity contribution in [1.82, 2.24) is 4.31 Å². The van der Waals surface area contributed by atoms with Crippen molar-refractivity contribution in [3.05, 3.63) is 53.6 Å². The molecule has 8 nitrogen and oxygen atoms in total. The number of carbonyl (C=O) groups is 2. The largest absolute Gasteiger partial charge is 0.496 e. The summed E-state index contributed by atoms with van der Waals surface area (Å²) in [5, 5.41) is 2.69. The molecule has 0 atom stereocenters. The van der Waals surface area contributed by atoms with E-state index < -0.39 is 21.9 Å². The lowest BCUT2D eigenvalue weighted by molar-refractivity contribution is 0.0600. The Hall–Kier alpha value is -2.91. The van der Waals surface area contributed by atoms with Crippen LogP contribution in [0.25, 0.3) is 0 Å². The van der Waals surface area contributed by atoms with Crippen LogP contribution in [0.4, 0.5) is 5.69 Å². The maximum Gasteiger partial charge on any atom is 0.337 e. The standard InChI is InChI=1S/C22H26N2O6S/c1-29-20-11-10-18(31(27,28)24-12-5-3-4-6-13-24)15-19(20)21(25)23-17-9-7-8-16(14-17)22(26)30-2/h7-11,14-15H,3-6,12-13H2,1-2H3,(H,23,25). The Morgan fingerprint density at radius 2 is 1.68 bits per heavy atom. The van der Waals surface area contributed by atoms with E-state index in [2.05, 4.69) is 5.32 Å². The number of esters is 1. The molecule has 1 saturated heterocycles. The average molecular weight is 447 g/mol. The number of benzene rings is 2. The van der Waals surface area contributed by atoms with Gasteiger partial charge in [0.2, 0.25) is 10.0 Å². The van der Waals surface area contributed by atoms with Crippen molar-refractivity contribution in [2.45, 2.75) is 30.6 Å². The first-order chi connectivity index (χ1) is 14.9. The van der Waals surface area contributed by atoms with E-state index in [0.29, 0.717) is 18.8 Å². The van der Waals surface area contributed by atoms with Gasteiger partial charge in [0.1, 0.15) is 5.75 Å². The van der Waals surface area contributed by atoms with Gasteiger partial charge in [-0.3, -0.25) is 4.79 Å². The summed E-state index contributed by atoms with van der Waals surface area (Å²) in [4.78, 5) is 24.7. The molecule has 0 bridgehead atoms. The molecule has 166 valence electrons. The molecular weight excluding hydrogens is 420 g/mol. The van der Waals surface area contributed by atoms with E-state index in [4.69, 9.17) is 9.47 Å². The maximum absolute atomic E-state index is 13.1. The van der Waals surface area contributed by atoms with Crippen molar-refractivity contribution >= 4 is 27.6 Å². The second-order valence-electron chi connectivity index (χ2n) is 7.21. The monoisotopic (exact) mass is 446 g/mol. The smallest absolute Gasteiger partial charge is 0.337 e. The fourth-order valence-electron chi connectivity index (χ4n) is 3.50. The zero-order valence-corrected chi connectivity index (χ0v) is 18.4. The zero-order valence-electron chi connectivity index (χ0n) is 17.6. The molecule has 2 aromatic rings. The van der Waals surface area contributed by atoms with Crippen LogP contribution in [0, 0.1) is 0 Å². The third-order valence-corrected chi connectivity index (χ3v) is 7.05. The van der Waals surface area contributed by atoms with Crippen LogP contribution >= 0.6 is 0 Å². The zero-order chi connectivity index (χ0) is 22.4. The Bertz CT molecular complexity index is 1060. The highest BCUT2D eigenvalue weighted by Crippen LogP contribution is 2.27. The number of anilines is 1. The minimum Gasteiger partial charge on any atom is -0.496 e. The Morgan fingerprint density at radius 1 is 0.968 bits per heavy atom. The first-order valence-corrected chi connectivity index (χ1v) is 11.5. The fraction of sp³-hybridized carbons (Fsp3) is 0.364. The first-order valence-electron chi connectivity index (χ1n) is 10.0. The molecule has 1 fully saturated rings. The molecule has 1 heterocycles. The molecule has 31 heavy (non-hydrogen) atoms. The van der Waals surface area contributed by atoms with Gasteiger partial charge < -0.3 is 14.8 Å². The summed E-state index contributed by atoms with van der Waals surface area (Å²) in [6, 6.07) is 10.5. The van der Waals surface area contributed by atoms with Crippen LogP contribution in [-0.4, -0.2) is 51.9 Å². The SMILES string of the molecule is COC(=O)c1cccc(NC(=O)c2cc(S(=O)(=O)N3CCCCCC3)ccc2OC)c1. The molecule has 0 spiro atoms. The molecular formula is C22H26N2O6S. The molecule has 0 radical (unpaired) electrons. The van der Waals surface area contributed by atoms with Gasteiger partial charge in [-0.1, -0.05) is 18.9 Å². The van der Waals surface area contributed by atoms with E-state index in [-0.39, 0.29) is 21.8 Å². The van der Waals surface area contributed by atoms with Crippen molar-refractivity contribution in [2.75, 3.05) is 32.6 Å². The lowest BCUT2D eigenvalue weighted by Crippen LogP contribution is -2.32. The third kappa shape index (κ3) is 5.23. The molecule has 0 aliphatic carbocycles. The number of carbonyl (C=O) groups excluding carboxylic acids is 2. The van der Waals surface area contributed by atoms with Gasteiger partial charge in [-0.15, -0.1) is 0 Å². The summed E-state index contributed by atoms with van der Waals surface area (Å²) in [5.41, 5.74) is 0.738. The second-order valence-corrected chi connectivity index (χ2v) is 9.14.